The minimum atomic E-state index is 1.07. The van der Waals surface area contributed by atoms with Crippen LogP contribution < -0.4 is 5.32 Å². The second kappa shape index (κ2) is 5.57. The van der Waals surface area contributed by atoms with E-state index in [9.17, 15) is 0 Å². The van der Waals surface area contributed by atoms with Crippen molar-refractivity contribution in [2.24, 2.45) is 0 Å². The highest BCUT2D eigenvalue weighted by atomic mass is 15.0. The molecular formula is C11H18N2. The Morgan fingerprint density at radius 2 is 2.15 bits per heavy atom. The van der Waals surface area contributed by atoms with Gasteiger partial charge in [0.2, 0.25) is 0 Å². The fourth-order valence-corrected chi connectivity index (χ4v) is 1.45. The minimum absolute atomic E-state index is 1.07. The Bertz CT molecular complexity index is 221. The lowest BCUT2D eigenvalue weighted by atomic mass is 10.1. The zero-order valence-corrected chi connectivity index (χ0v) is 8.51. The van der Waals surface area contributed by atoms with E-state index in [1.54, 1.807) is 0 Å². The van der Waals surface area contributed by atoms with Gasteiger partial charge in [0.25, 0.3) is 0 Å². The van der Waals surface area contributed by atoms with Crippen LogP contribution in [0.25, 0.3) is 0 Å². The van der Waals surface area contributed by atoms with Gasteiger partial charge in [-0.25, -0.2) is 4.98 Å². The normalized spacial score (nSPS) is 14.3. The molecule has 13 heavy (non-hydrogen) atoms. The molecule has 2 rings (SSSR count). The van der Waals surface area contributed by atoms with E-state index in [1.165, 1.54) is 24.8 Å². The molecule has 1 aliphatic rings. The summed E-state index contributed by atoms with van der Waals surface area (Å²) in [5.41, 5.74) is 1.37. The van der Waals surface area contributed by atoms with Crippen LogP contribution in [-0.4, -0.2) is 11.5 Å². The van der Waals surface area contributed by atoms with Crippen molar-refractivity contribution in [2.75, 3.05) is 11.9 Å². The van der Waals surface area contributed by atoms with Crippen LogP contribution in [0.4, 0.5) is 5.82 Å². The Kier molecular flexibility index (Phi) is 4.30. The minimum Gasteiger partial charge on any atom is -0.370 e. The van der Waals surface area contributed by atoms with Crippen LogP contribution in [-0.2, 0) is 6.42 Å². The van der Waals surface area contributed by atoms with E-state index in [2.05, 4.69) is 16.4 Å². The van der Waals surface area contributed by atoms with E-state index in [4.69, 9.17) is 0 Å². The van der Waals surface area contributed by atoms with Crippen LogP contribution in [0.3, 0.4) is 0 Å². The van der Waals surface area contributed by atoms with Gasteiger partial charge in [0.05, 0.1) is 0 Å². The van der Waals surface area contributed by atoms with Crippen molar-refractivity contribution in [1.82, 2.24) is 4.98 Å². The summed E-state index contributed by atoms with van der Waals surface area (Å²) in [6.07, 6.45) is 5.56. The Hall–Kier alpha value is -1.05. The van der Waals surface area contributed by atoms with Gasteiger partial charge in [0, 0.05) is 12.7 Å². The van der Waals surface area contributed by atoms with Crippen LogP contribution in [0, 0.1) is 0 Å². The molecule has 2 heteroatoms. The van der Waals surface area contributed by atoms with Gasteiger partial charge in [0.1, 0.15) is 5.82 Å². The zero-order valence-electron chi connectivity index (χ0n) is 8.51. The highest BCUT2D eigenvalue weighted by Gasteiger charge is 2.05. The van der Waals surface area contributed by atoms with Crippen molar-refractivity contribution >= 4 is 5.82 Å². The first-order valence-electron chi connectivity index (χ1n) is 5.14. The van der Waals surface area contributed by atoms with Crippen LogP contribution in [0.5, 0.6) is 0 Å². The van der Waals surface area contributed by atoms with Crippen LogP contribution in [0.15, 0.2) is 18.3 Å². The van der Waals surface area contributed by atoms with E-state index in [0.717, 1.165) is 12.4 Å². The summed E-state index contributed by atoms with van der Waals surface area (Å²) < 4.78 is 0. The van der Waals surface area contributed by atoms with E-state index < -0.39 is 0 Å². The second-order valence-corrected chi connectivity index (χ2v) is 2.90. The van der Waals surface area contributed by atoms with Crippen molar-refractivity contribution < 1.29 is 0 Å². The molecule has 72 valence electrons. The van der Waals surface area contributed by atoms with E-state index in [-0.39, 0.29) is 0 Å². The number of anilines is 1. The quantitative estimate of drug-likeness (QED) is 0.660. The Morgan fingerprint density at radius 1 is 1.31 bits per heavy atom. The Morgan fingerprint density at radius 3 is 3.00 bits per heavy atom. The molecule has 0 aromatic carbocycles. The second-order valence-electron chi connectivity index (χ2n) is 2.90. The number of pyridine rings is 1. The molecule has 0 unspecified atom stereocenters. The summed E-state index contributed by atoms with van der Waals surface area (Å²) in [7, 11) is 0. The molecule has 0 atom stereocenters. The highest BCUT2D eigenvalue weighted by Crippen LogP contribution is 2.17. The smallest absolute Gasteiger partial charge is 0.129 e. The van der Waals surface area contributed by atoms with E-state index in [0.29, 0.717) is 0 Å². The molecule has 2 nitrogen and oxygen atoms in total. The lowest BCUT2D eigenvalue weighted by Crippen LogP contribution is -2.00. The molecule has 0 fully saturated rings. The maximum atomic E-state index is 4.27. The van der Waals surface area contributed by atoms with Crippen molar-refractivity contribution in [1.29, 1.82) is 0 Å². The molecular weight excluding hydrogens is 160 g/mol. The van der Waals surface area contributed by atoms with Gasteiger partial charge >= 0.3 is 0 Å². The Labute approximate surface area is 80.4 Å². The van der Waals surface area contributed by atoms with Gasteiger partial charge < -0.3 is 5.32 Å². The molecule has 1 aromatic heterocycles. The summed E-state index contributed by atoms with van der Waals surface area (Å²) in [4.78, 5) is 4.27. The summed E-state index contributed by atoms with van der Waals surface area (Å²) in [6, 6.07) is 4.16. The largest absolute Gasteiger partial charge is 0.370 e. The number of hydrogen-bond acceptors (Lipinski definition) is 2. The topological polar surface area (TPSA) is 24.9 Å². The lowest BCUT2D eigenvalue weighted by Gasteiger charge is -2.03. The summed E-state index contributed by atoms with van der Waals surface area (Å²) in [5, 5.41) is 3.31. The molecule has 0 amide bonds. The van der Waals surface area contributed by atoms with E-state index in [1.807, 2.05) is 26.1 Å². The lowest BCUT2D eigenvalue weighted by molar-refractivity contribution is 0.785. The third-order valence-corrected chi connectivity index (χ3v) is 2.06. The standard InChI is InChI=1S/C9H12N2.C2H6/c1-2-6-10-9-8(4-1)5-3-7-11-9;1-2/h3,5,7H,1-2,4,6H2,(H,10,11);1-2H3. The fraction of sp³-hybridized carbons (Fsp3) is 0.545. The number of aryl methyl sites for hydroxylation is 1. The molecule has 0 bridgehead atoms. The maximum Gasteiger partial charge on any atom is 0.129 e. The highest BCUT2D eigenvalue weighted by molar-refractivity contribution is 5.44. The molecule has 0 saturated carbocycles. The zero-order chi connectivity index (χ0) is 9.52. The van der Waals surface area contributed by atoms with Gasteiger partial charge in [-0.2, -0.15) is 0 Å². The summed E-state index contributed by atoms with van der Waals surface area (Å²) in [5.74, 6) is 1.09. The third kappa shape index (κ3) is 2.72. The number of hydrogen-bond donors (Lipinski definition) is 1. The van der Waals surface area contributed by atoms with Crippen LogP contribution in [0.1, 0.15) is 32.3 Å². The summed E-state index contributed by atoms with van der Waals surface area (Å²) >= 11 is 0. The number of nitrogens with zero attached hydrogens (tertiary/aromatic N) is 1. The van der Waals surface area contributed by atoms with Crippen molar-refractivity contribution in [3.63, 3.8) is 0 Å². The Balaban J connectivity index is 0.000000396. The predicted molar refractivity (Wildman–Crippen MR) is 57.0 cm³/mol. The summed E-state index contributed by atoms with van der Waals surface area (Å²) in [6.45, 7) is 5.07. The van der Waals surface area contributed by atoms with Gasteiger partial charge in [-0.15, -0.1) is 0 Å². The van der Waals surface area contributed by atoms with Gasteiger partial charge in [-0.1, -0.05) is 19.9 Å². The SMILES string of the molecule is CC.c1cnc2c(c1)CCCCN2. The third-order valence-electron chi connectivity index (χ3n) is 2.06. The van der Waals surface area contributed by atoms with Crippen molar-refractivity contribution in [3.05, 3.63) is 23.9 Å². The average molecular weight is 178 g/mol. The van der Waals surface area contributed by atoms with Crippen LogP contribution >= 0.6 is 0 Å². The van der Waals surface area contributed by atoms with Gasteiger partial charge in [0.15, 0.2) is 0 Å². The van der Waals surface area contributed by atoms with Gasteiger partial charge in [-0.05, 0) is 30.9 Å². The first-order valence-corrected chi connectivity index (χ1v) is 5.14. The maximum absolute atomic E-state index is 4.27. The number of rotatable bonds is 0. The number of aromatic nitrogens is 1. The number of fused-ring (bicyclic) bond motifs is 1. The molecule has 2 heterocycles. The predicted octanol–water partition coefficient (Wildman–Crippen LogP) is 2.86. The molecule has 1 N–H and O–H groups in total. The van der Waals surface area contributed by atoms with Crippen LogP contribution in [0.2, 0.25) is 0 Å². The van der Waals surface area contributed by atoms with Crippen molar-refractivity contribution in [2.45, 2.75) is 33.1 Å². The molecule has 0 saturated heterocycles. The van der Waals surface area contributed by atoms with E-state index >= 15 is 0 Å². The molecule has 0 spiro atoms. The molecule has 1 aromatic rings. The molecule has 0 aliphatic carbocycles. The molecule has 1 aliphatic heterocycles. The average Bonchev–Trinajstić information content (AvgIpc) is 2.45. The van der Waals surface area contributed by atoms with Gasteiger partial charge in [-0.3, -0.25) is 0 Å². The molecule has 0 radical (unpaired) electrons. The first-order chi connectivity index (χ1) is 6.47. The fourth-order valence-electron chi connectivity index (χ4n) is 1.45. The monoisotopic (exact) mass is 178 g/mol. The van der Waals surface area contributed by atoms with Crippen molar-refractivity contribution in [3.8, 4) is 0 Å². The number of nitrogens with one attached hydrogen (secondary N) is 1. The first kappa shape index (κ1) is 10.0.